The zero-order chi connectivity index (χ0) is 11.4. The Hall–Kier alpha value is -1.55. The first-order valence-electron chi connectivity index (χ1n) is 5.56. The third kappa shape index (κ3) is 2.73. The average molecular weight is 220 g/mol. The molecule has 1 fully saturated rings. The van der Waals surface area contributed by atoms with Crippen LogP contribution in [-0.2, 0) is 0 Å². The van der Waals surface area contributed by atoms with Gasteiger partial charge in [0, 0.05) is 18.3 Å². The number of anilines is 1. The molecular formula is C12H16N2O2. The van der Waals surface area contributed by atoms with Gasteiger partial charge in [0.1, 0.15) is 0 Å². The molecule has 0 radical (unpaired) electrons. The minimum Gasteiger partial charge on any atom is -0.478 e. The molecule has 4 nitrogen and oxygen atoms in total. The summed E-state index contributed by atoms with van der Waals surface area (Å²) in [5, 5.41) is 15.5. The summed E-state index contributed by atoms with van der Waals surface area (Å²) in [4.78, 5) is 10.7. The zero-order valence-electron chi connectivity index (χ0n) is 9.07. The van der Waals surface area contributed by atoms with Gasteiger partial charge in [-0.05, 0) is 43.7 Å². The van der Waals surface area contributed by atoms with Gasteiger partial charge < -0.3 is 15.7 Å². The summed E-state index contributed by atoms with van der Waals surface area (Å²) >= 11 is 0. The van der Waals surface area contributed by atoms with Crippen molar-refractivity contribution in [3.05, 3.63) is 29.8 Å². The number of carboxylic acids is 1. The molecule has 1 aliphatic heterocycles. The molecule has 1 aromatic rings. The summed E-state index contributed by atoms with van der Waals surface area (Å²) in [6.07, 6.45) is 2.35. The number of rotatable bonds is 3. The van der Waals surface area contributed by atoms with E-state index in [1.54, 1.807) is 12.1 Å². The molecule has 0 aliphatic carbocycles. The summed E-state index contributed by atoms with van der Waals surface area (Å²) in [6.45, 7) is 2.07. The summed E-state index contributed by atoms with van der Waals surface area (Å²) in [6, 6.07) is 7.34. The number of aromatic carboxylic acids is 1. The topological polar surface area (TPSA) is 61.4 Å². The number of hydrogen-bond donors (Lipinski definition) is 3. The van der Waals surface area contributed by atoms with Crippen LogP contribution in [0.2, 0.25) is 0 Å². The van der Waals surface area contributed by atoms with Crippen LogP contribution >= 0.6 is 0 Å². The Morgan fingerprint density at radius 1 is 1.38 bits per heavy atom. The average Bonchev–Trinajstić information content (AvgIpc) is 2.31. The molecule has 0 amide bonds. The van der Waals surface area contributed by atoms with Gasteiger partial charge >= 0.3 is 5.97 Å². The first kappa shape index (κ1) is 11.0. The third-order valence-corrected chi connectivity index (χ3v) is 2.80. The Bertz CT molecular complexity index is 356. The molecule has 1 unspecified atom stereocenters. The predicted octanol–water partition coefficient (Wildman–Crippen LogP) is 1.55. The smallest absolute Gasteiger partial charge is 0.335 e. The van der Waals surface area contributed by atoms with Gasteiger partial charge in [-0.2, -0.15) is 0 Å². The molecule has 4 heteroatoms. The van der Waals surface area contributed by atoms with Crippen molar-refractivity contribution in [1.29, 1.82) is 0 Å². The van der Waals surface area contributed by atoms with Crippen molar-refractivity contribution in [2.24, 2.45) is 0 Å². The minimum absolute atomic E-state index is 0.326. The van der Waals surface area contributed by atoms with E-state index in [0.29, 0.717) is 11.6 Å². The molecule has 16 heavy (non-hydrogen) atoms. The van der Waals surface area contributed by atoms with Crippen LogP contribution in [-0.4, -0.2) is 30.2 Å². The van der Waals surface area contributed by atoms with Crippen molar-refractivity contribution in [2.75, 3.05) is 18.4 Å². The third-order valence-electron chi connectivity index (χ3n) is 2.80. The van der Waals surface area contributed by atoms with Gasteiger partial charge in [0.2, 0.25) is 0 Å². The fourth-order valence-electron chi connectivity index (χ4n) is 1.92. The number of nitrogens with one attached hydrogen (secondary N) is 2. The van der Waals surface area contributed by atoms with Gasteiger partial charge in [-0.25, -0.2) is 4.79 Å². The maximum Gasteiger partial charge on any atom is 0.335 e. The van der Waals surface area contributed by atoms with Crippen molar-refractivity contribution in [3.8, 4) is 0 Å². The molecule has 1 heterocycles. The van der Waals surface area contributed by atoms with E-state index in [1.165, 1.54) is 6.42 Å². The van der Waals surface area contributed by atoms with E-state index in [2.05, 4.69) is 10.6 Å². The first-order chi connectivity index (χ1) is 7.75. The van der Waals surface area contributed by atoms with Crippen LogP contribution in [0.4, 0.5) is 5.69 Å². The fourth-order valence-corrected chi connectivity index (χ4v) is 1.92. The Balaban J connectivity index is 1.96. The monoisotopic (exact) mass is 220 g/mol. The van der Waals surface area contributed by atoms with Crippen molar-refractivity contribution in [1.82, 2.24) is 5.32 Å². The van der Waals surface area contributed by atoms with E-state index in [1.807, 2.05) is 12.1 Å². The molecule has 3 N–H and O–H groups in total. The maximum absolute atomic E-state index is 10.7. The molecule has 0 bridgehead atoms. The van der Waals surface area contributed by atoms with E-state index in [9.17, 15) is 4.79 Å². The normalized spacial score (nSPS) is 20.4. The van der Waals surface area contributed by atoms with E-state index in [-0.39, 0.29) is 0 Å². The number of carboxylic acid groups (broad SMARTS) is 1. The van der Waals surface area contributed by atoms with Crippen LogP contribution in [0.5, 0.6) is 0 Å². The zero-order valence-corrected chi connectivity index (χ0v) is 9.07. The van der Waals surface area contributed by atoms with Crippen LogP contribution in [0.3, 0.4) is 0 Å². The lowest BCUT2D eigenvalue weighted by Gasteiger charge is -2.24. The Morgan fingerprint density at radius 2 is 2.12 bits per heavy atom. The quantitative estimate of drug-likeness (QED) is 0.723. The summed E-state index contributed by atoms with van der Waals surface area (Å²) in [7, 11) is 0. The van der Waals surface area contributed by atoms with Crippen molar-refractivity contribution < 1.29 is 9.90 Å². The lowest BCUT2D eigenvalue weighted by atomic mass is 10.1. The molecule has 1 atom stereocenters. The highest BCUT2D eigenvalue weighted by atomic mass is 16.4. The highest BCUT2D eigenvalue weighted by molar-refractivity contribution is 5.87. The number of hydrogen-bond acceptors (Lipinski definition) is 3. The number of carbonyl (C=O) groups is 1. The Labute approximate surface area is 94.7 Å². The second kappa shape index (κ2) is 4.99. The lowest BCUT2D eigenvalue weighted by molar-refractivity contribution is 0.0697. The highest BCUT2D eigenvalue weighted by Gasteiger charge is 2.12. The molecule has 86 valence electrons. The van der Waals surface area contributed by atoms with E-state index >= 15 is 0 Å². The molecule has 2 rings (SSSR count). The van der Waals surface area contributed by atoms with E-state index < -0.39 is 5.97 Å². The van der Waals surface area contributed by atoms with Gasteiger partial charge in [0.05, 0.1) is 5.56 Å². The summed E-state index contributed by atoms with van der Waals surface area (Å²) < 4.78 is 0. The molecule has 0 aromatic heterocycles. The summed E-state index contributed by atoms with van der Waals surface area (Å²) in [5.41, 5.74) is 1.31. The van der Waals surface area contributed by atoms with Gasteiger partial charge in [-0.3, -0.25) is 0 Å². The van der Waals surface area contributed by atoms with Gasteiger partial charge in [0.15, 0.2) is 0 Å². The number of piperidine rings is 1. The summed E-state index contributed by atoms with van der Waals surface area (Å²) in [5.74, 6) is -0.883. The van der Waals surface area contributed by atoms with Crippen LogP contribution in [0.25, 0.3) is 0 Å². The largest absolute Gasteiger partial charge is 0.478 e. The first-order valence-corrected chi connectivity index (χ1v) is 5.56. The molecule has 1 aromatic carbocycles. The predicted molar refractivity (Wildman–Crippen MR) is 62.9 cm³/mol. The standard InChI is InChI=1S/C12H16N2O2/c15-12(16)9-3-5-10(6-4-9)14-11-2-1-7-13-8-11/h3-6,11,13-14H,1-2,7-8H2,(H,15,16). The van der Waals surface area contributed by atoms with Gasteiger partial charge in [-0.1, -0.05) is 0 Å². The minimum atomic E-state index is -0.883. The molecule has 1 aliphatic rings. The Morgan fingerprint density at radius 3 is 2.69 bits per heavy atom. The molecule has 0 saturated carbocycles. The van der Waals surface area contributed by atoms with E-state index in [0.717, 1.165) is 25.2 Å². The highest BCUT2D eigenvalue weighted by Crippen LogP contribution is 2.13. The number of benzene rings is 1. The van der Waals surface area contributed by atoms with Crippen molar-refractivity contribution >= 4 is 11.7 Å². The second-order valence-electron chi connectivity index (χ2n) is 4.07. The van der Waals surface area contributed by atoms with Crippen molar-refractivity contribution in [3.63, 3.8) is 0 Å². The van der Waals surface area contributed by atoms with E-state index in [4.69, 9.17) is 5.11 Å². The molecule has 0 spiro atoms. The van der Waals surface area contributed by atoms with Crippen molar-refractivity contribution in [2.45, 2.75) is 18.9 Å². The van der Waals surface area contributed by atoms with Gasteiger partial charge in [0.25, 0.3) is 0 Å². The second-order valence-corrected chi connectivity index (χ2v) is 4.07. The lowest BCUT2D eigenvalue weighted by Crippen LogP contribution is -2.38. The van der Waals surface area contributed by atoms with Gasteiger partial charge in [-0.15, -0.1) is 0 Å². The van der Waals surface area contributed by atoms with Crippen LogP contribution in [0.1, 0.15) is 23.2 Å². The van der Waals surface area contributed by atoms with Crippen LogP contribution in [0.15, 0.2) is 24.3 Å². The molecular weight excluding hydrogens is 204 g/mol. The van der Waals surface area contributed by atoms with Crippen LogP contribution in [0, 0.1) is 0 Å². The Kier molecular flexibility index (Phi) is 3.41. The molecule has 1 saturated heterocycles. The van der Waals surface area contributed by atoms with Crippen LogP contribution < -0.4 is 10.6 Å². The maximum atomic E-state index is 10.7. The SMILES string of the molecule is O=C(O)c1ccc(NC2CCCNC2)cc1. The fraction of sp³-hybridized carbons (Fsp3) is 0.417.